The second-order valence-electron chi connectivity index (χ2n) is 15.5. The van der Waals surface area contributed by atoms with Gasteiger partial charge in [0.1, 0.15) is 12.7 Å². The first kappa shape index (κ1) is 59.8. The average Bonchev–Trinajstić information content (AvgIpc) is 3.23. The van der Waals surface area contributed by atoms with Crippen LogP contribution >= 0.6 is 15.6 Å². The number of phosphoric ester groups is 2. The van der Waals surface area contributed by atoms with E-state index < -0.39 is 72.3 Å². The number of ether oxygens (including phenoxy) is 2. The van der Waals surface area contributed by atoms with E-state index in [1.54, 1.807) is 0 Å². The van der Waals surface area contributed by atoms with Crippen LogP contribution in [0, 0.1) is 0 Å². The van der Waals surface area contributed by atoms with Crippen molar-refractivity contribution in [2.75, 3.05) is 26.4 Å². The number of hydrogen-bond donors (Lipinski definition) is 5. The highest BCUT2D eigenvalue weighted by Gasteiger charge is 2.28. The largest absolute Gasteiger partial charge is 0.472 e. The Morgan fingerprint density at radius 2 is 1.03 bits per heavy atom. The lowest BCUT2D eigenvalue weighted by atomic mass is 10.1. The molecule has 0 heterocycles. The molecule has 0 radical (unpaired) electrons. The maximum Gasteiger partial charge on any atom is 0.472 e. The number of carbonyl (C=O) groups excluding carboxylic acids is 2. The monoisotopic (exact) mass is 921 g/mol. The molecule has 14 nitrogen and oxygen atoms in total. The Morgan fingerprint density at radius 1 is 0.532 bits per heavy atom. The van der Waals surface area contributed by atoms with Gasteiger partial charge in [0.2, 0.25) is 0 Å². The minimum atomic E-state index is -4.88. The fourth-order valence-corrected chi connectivity index (χ4v) is 7.07. The standard InChI is InChI=1S/C46H82O14P2/c1-3-5-7-8-9-10-11-12-13-14-15-16-19-23-26-29-33-37-46(50)60-44(41-59-62(54,55)58-39-43(48)38-57-61(51,52)53)40-56-45(49)36-32-28-25-22-20-17-18-21-24-27-31-35-42(47)34-30-6-4-2/h12-13,17-18,22,24-25,27,31,35,42-44,47-48H,3-11,14-16,19-21,23,26,28-30,32-34,36-41H2,1-2H3,(H,54,55)(H2,51,52,53)/b13-12-,18-17-,25-22-,27-24-,35-31+/t42-,43+,44-/m1/s1. The Hall–Kier alpha value is -2.22. The predicted molar refractivity (Wildman–Crippen MR) is 245 cm³/mol. The molecule has 0 aromatic heterocycles. The van der Waals surface area contributed by atoms with E-state index in [1.807, 2.05) is 48.6 Å². The Bertz CT molecular complexity index is 1340. The number of rotatable bonds is 43. The molecule has 4 atom stereocenters. The van der Waals surface area contributed by atoms with E-state index in [0.29, 0.717) is 19.3 Å². The van der Waals surface area contributed by atoms with Crippen LogP contribution in [-0.4, -0.2) is 81.6 Å². The van der Waals surface area contributed by atoms with Crippen molar-refractivity contribution in [1.82, 2.24) is 0 Å². The first-order valence-electron chi connectivity index (χ1n) is 23.1. The van der Waals surface area contributed by atoms with Gasteiger partial charge in [-0.05, 0) is 64.2 Å². The summed E-state index contributed by atoms with van der Waals surface area (Å²) in [5.41, 5.74) is 0. The molecule has 1 unspecified atom stereocenters. The SMILES string of the molecule is CCCCCCCC/C=C\CCCCCCCCCC(=O)O[C@H](COC(=O)CCC/C=C\C/C=C\C/C=C\C=C\[C@H](O)CCCCC)COP(=O)(O)OC[C@@H](O)COP(=O)(O)O. The number of allylic oxidation sites excluding steroid dienone is 9. The first-order valence-corrected chi connectivity index (χ1v) is 26.1. The van der Waals surface area contributed by atoms with E-state index in [0.717, 1.165) is 70.6 Å². The van der Waals surface area contributed by atoms with Gasteiger partial charge in [0, 0.05) is 12.8 Å². The second kappa shape index (κ2) is 41.5. The molecule has 0 saturated carbocycles. The summed E-state index contributed by atoms with van der Waals surface area (Å²) in [5, 5.41) is 19.7. The van der Waals surface area contributed by atoms with Crippen molar-refractivity contribution >= 4 is 27.6 Å². The summed E-state index contributed by atoms with van der Waals surface area (Å²) >= 11 is 0. The van der Waals surface area contributed by atoms with Gasteiger partial charge < -0.3 is 34.4 Å². The summed E-state index contributed by atoms with van der Waals surface area (Å²) in [4.78, 5) is 52.7. The number of carbonyl (C=O) groups is 2. The lowest BCUT2D eigenvalue weighted by Crippen LogP contribution is -2.30. The van der Waals surface area contributed by atoms with Crippen LogP contribution in [0.3, 0.4) is 0 Å². The van der Waals surface area contributed by atoms with Crippen molar-refractivity contribution in [2.24, 2.45) is 0 Å². The number of aliphatic hydroxyl groups excluding tert-OH is 2. The number of hydrogen-bond acceptors (Lipinski definition) is 11. The minimum absolute atomic E-state index is 0.0967. The van der Waals surface area contributed by atoms with Gasteiger partial charge in [0.25, 0.3) is 0 Å². The number of esters is 2. The zero-order valence-electron chi connectivity index (χ0n) is 37.8. The molecule has 0 aliphatic heterocycles. The van der Waals surface area contributed by atoms with Crippen LogP contribution in [0.5, 0.6) is 0 Å². The predicted octanol–water partition coefficient (Wildman–Crippen LogP) is 11.0. The molecule has 62 heavy (non-hydrogen) atoms. The van der Waals surface area contributed by atoms with Crippen LogP contribution in [0.1, 0.15) is 174 Å². The first-order chi connectivity index (χ1) is 29.8. The fraction of sp³-hybridized carbons (Fsp3) is 0.739. The molecular weight excluding hydrogens is 838 g/mol. The topological polar surface area (TPSA) is 216 Å². The molecule has 5 N–H and O–H groups in total. The molecular formula is C46H82O14P2. The zero-order valence-corrected chi connectivity index (χ0v) is 39.6. The Morgan fingerprint density at radius 3 is 1.68 bits per heavy atom. The smallest absolute Gasteiger partial charge is 0.462 e. The third-order valence-corrected chi connectivity index (χ3v) is 10.9. The molecule has 0 aliphatic carbocycles. The molecule has 0 saturated heterocycles. The van der Waals surface area contributed by atoms with Gasteiger partial charge in [0.05, 0.1) is 25.9 Å². The lowest BCUT2D eigenvalue weighted by Gasteiger charge is -2.20. The van der Waals surface area contributed by atoms with E-state index in [9.17, 15) is 33.8 Å². The molecule has 0 aromatic rings. The minimum Gasteiger partial charge on any atom is -0.462 e. The van der Waals surface area contributed by atoms with Crippen LogP contribution in [0.4, 0.5) is 0 Å². The van der Waals surface area contributed by atoms with Crippen molar-refractivity contribution in [1.29, 1.82) is 0 Å². The highest BCUT2D eigenvalue weighted by Crippen LogP contribution is 2.43. The van der Waals surface area contributed by atoms with Crippen LogP contribution in [0.2, 0.25) is 0 Å². The Labute approximate surface area is 373 Å². The summed E-state index contributed by atoms with van der Waals surface area (Å²) in [6.45, 7) is 1.56. The van der Waals surface area contributed by atoms with E-state index in [4.69, 9.17) is 23.8 Å². The van der Waals surface area contributed by atoms with Crippen LogP contribution in [0.15, 0.2) is 60.8 Å². The molecule has 0 amide bonds. The quantitative estimate of drug-likeness (QED) is 0.0126. The van der Waals surface area contributed by atoms with Gasteiger partial charge in [-0.15, -0.1) is 0 Å². The van der Waals surface area contributed by atoms with Crippen molar-refractivity contribution < 1.29 is 66.7 Å². The van der Waals surface area contributed by atoms with Gasteiger partial charge in [-0.25, -0.2) is 9.13 Å². The number of aliphatic hydroxyl groups is 2. The molecule has 16 heteroatoms. The third-order valence-electron chi connectivity index (χ3n) is 9.47. The van der Waals surface area contributed by atoms with E-state index >= 15 is 0 Å². The van der Waals surface area contributed by atoms with Crippen molar-refractivity contribution in [3.63, 3.8) is 0 Å². The molecule has 0 rings (SSSR count). The van der Waals surface area contributed by atoms with Crippen molar-refractivity contribution in [3.05, 3.63) is 60.8 Å². The van der Waals surface area contributed by atoms with Crippen LogP contribution < -0.4 is 0 Å². The summed E-state index contributed by atoms with van der Waals surface area (Å²) in [6.07, 6.45) is 41.1. The van der Waals surface area contributed by atoms with Crippen molar-refractivity contribution in [3.8, 4) is 0 Å². The van der Waals surface area contributed by atoms with Crippen molar-refractivity contribution in [2.45, 2.75) is 193 Å². The van der Waals surface area contributed by atoms with Gasteiger partial charge in [-0.2, -0.15) is 0 Å². The second-order valence-corrected chi connectivity index (χ2v) is 18.2. The summed E-state index contributed by atoms with van der Waals surface area (Å²) < 4.78 is 47.7. The lowest BCUT2D eigenvalue weighted by molar-refractivity contribution is -0.161. The highest BCUT2D eigenvalue weighted by atomic mass is 31.2. The summed E-state index contributed by atoms with van der Waals surface area (Å²) in [7, 11) is -9.71. The molecule has 0 fully saturated rings. The third kappa shape index (κ3) is 44.4. The zero-order chi connectivity index (χ0) is 46.0. The van der Waals surface area contributed by atoms with E-state index in [-0.39, 0.29) is 12.8 Å². The normalized spacial score (nSPS) is 15.0. The molecule has 0 spiro atoms. The maximum atomic E-state index is 12.7. The van der Waals surface area contributed by atoms with Gasteiger partial charge in [-0.3, -0.25) is 23.2 Å². The van der Waals surface area contributed by atoms with Crippen LogP contribution in [-0.2, 0) is 41.8 Å². The van der Waals surface area contributed by atoms with E-state index in [2.05, 4.69) is 35.0 Å². The Balaban J connectivity index is 4.62. The maximum absolute atomic E-state index is 12.7. The summed E-state index contributed by atoms with van der Waals surface area (Å²) in [6, 6.07) is 0. The van der Waals surface area contributed by atoms with Gasteiger partial charge >= 0.3 is 27.6 Å². The average molecular weight is 921 g/mol. The van der Waals surface area contributed by atoms with E-state index in [1.165, 1.54) is 57.8 Å². The molecule has 0 aromatic carbocycles. The van der Waals surface area contributed by atoms with Gasteiger partial charge in [0.15, 0.2) is 6.10 Å². The van der Waals surface area contributed by atoms with Crippen LogP contribution in [0.25, 0.3) is 0 Å². The highest BCUT2D eigenvalue weighted by molar-refractivity contribution is 7.47. The summed E-state index contributed by atoms with van der Waals surface area (Å²) in [5.74, 6) is -1.13. The Kier molecular flexibility index (Phi) is 40.0. The molecule has 0 bridgehead atoms. The fourth-order valence-electron chi connectivity index (χ4n) is 5.92. The molecule has 360 valence electrons. The molecule has 0 aliphatic rings. The van der Waals surface area contributed by atoms with Gasteiger partial charge in [-0.1, -0.05) is 158 Å². The number of phosphoric acid groups is 2. The number of unbranched alkanes of at least 4 members (excludes halogenated alkanes) is 16.